The number of nitrogens with zero attached hydrogens (tertiary/aromatic N) is 1. The van der Waals surface area contributed by atoms with Gasteiger partial charge in [-0.25, -0.2) is 0 Å². The van der Waals surface area contributed by atoms with E-state index in [0.717, 1.165) is 19.3 Å². The third-order valence-electron chi connectivity index (χ3n) is 4.23. The molecule has 1 heterocycles. The van der Waals surface area contributed by atoms with Crippen LogP contribution in [0.15, 0.2) is 0 Å². The minimum Gasteiger partial charge on any atom is -0.481 e. The Hall–Kier alpha value is -1.10. The highest BCUT2D eigenvalue weighted by molar-refractivity contribution is 5.80. The molecule has 0 spiro atoms. The molecule has 1 aliphatic carbocycles. The Morgan fingerprint density at radius 3 is 2.50 bits per heavy atom. The Kier molecular flexibility index (Phi) is 4.22. The van der Waals surface area contributed by atoms with Gasteiger partial charge in [-0.1, -0.05) is 6.42 Å². The van der Waals surface area contributed by atoms with Gasteiger partial charge in [0.15, 0.2) is 0 Å². The average molecular weight is 255 g/mol. The summed E-state index contributed by atoms with van der Waals surface area (Å²) in [6.45, 7) is 1.47. The maximum Gasteiger partial charge on any atom is 0.306 e. The van der Waals surface area contributed by atoms with Crippen molar-refractivity contribution in [3.05, 3.63) is 0 Å². The number of aliphatic carboxylic acids is 1. The van der Waals surface area contributed by atoms with Gasteiger partial charge in [0.25, 0.3) is 0 Å². The first-order valence-corrected chi connectivity index (χ1v) is 6.74. The summed E-state index contributed by atoms with van der Waals surface area (Å²) in [5.74, 6) is -0.965. The third-order valence-corrected chi connectivity index (χ3v) is 4.23. The maximum atomic E-state index is 12.3. The van der Waals surface area contributed by atoms with Gasteiger partial charge in [0.2, 0.25) is 5.91 Å². The highest BCUT2D eigenvalue weighted by Gasteiger charge is 2.35. The number of hydrogen-bond acceptors (Lipinski definition) is 3. The Bertz CT molecular complexity index is 331. The monoisotopic (exact) mass is 255 g/mol. The molecule has 1 saturated carbocycles. The van der Waals surface area contributed by atoms with Crippen LogP contribution in [0.2, 0.25) is 0 Å². The standard InChI is InChI=1S/C13H21NO4/c15-8-9-4-5-14(7-9)12(16)10-2-1-3-11(6-10)13(17)18/h9-11,15H,1-8H2,(H,17,18). The topological polar surface area (TPSA) is 77.8 Å². The molecular formula is C13H21NO4. The first-order chi connectivity index (χ1) is 8.61. The molecule has 0 aromatic rings. The normalized spacial score (nSPS) is 32.5. The fourth-order valence-electron chi connectivity index (χ4n) is 3.08. The molecule has 0 aromatic heterocycles. The van der Waals surface area contributed by atoms with E-state index in [4.69, 9.17) is 10.2 Å². The van der Waals surface area contributed by atoms with Gasteiger partial charge in [-0.3, -0.25) is 9.59 Å². The molecule has 1 amide bonds. The zero-order valence-corrected chi connectivity index (χ0v) is 10.5. The molecule has 2 rings (SSSR count). The van der Waals surface area contributed by atoms with E-state index in [2.05, 4.69) is 0 Å². The summed E-state index contributed by atoms with van der Waals surface area (Å²) in [6.07, 6.45) is 3.66. The summed E-state index contributed by atoms with van der Waals surface area (Å²) < 4.78 is 0. The molecule has 5 heteroatoms. The van der Waals surface area contributed by atoms with E-state index in [0.29, 0.717) is 25.9 Å². The summed E-state index contributed by atoms with van der Waals surface area (Å²) in [5.41, 5.74) is 0. The Morgan fingerprint density at radius 1 is 1.17 bits per heavy atom. The lowest BCUT2D eigenvalue weighted by Crippen LogP contribution is -2.38. The molecule has 2 N–H and O–H groups in total. The fraction of sp³-hybridized carbons (Fsp3) is 0.846. The minimum atomic E-state index is -0.776. The number of carbonyl (C=O) groups is 2. The lowest BCUT2D eigenvalue weighted by atomic mass is 9.81. The zero-order chi connectivity index (χ0) is 13.1. The van der Waals surface area contributed by atoms with Crippen molar-refractivity contribution in [1.29, 1.82) is 0 Å². The van der Waals surface area contributed by atoms with E-state index in [1.807, 2.05) is 0 Å². The van der Waals surface area contributed by atoms with Crippen LogP contribution in [0, 0.1) is 17.8 Å². The van der Waals surface area contributed by atoms with Crippen molar-refractivity contribution in [1.82, 2.24) is 4.90 Å². The predicted octanol–water partition coefficient (Wildman–Crippen LogP) is 0.718. The van der Waals surface area contributed by atoms with Gasteiger partial charge in [-0.05, 0) is 25.7 Å². The van der Waals surface area contributed by atoms with E-state index in [1.54, 1.807) is 4.90 Å². The van der Waals surface area contributed by atoms with Crippen LogP contribution in [0.5, 0.6) is 0 Å². The molecule has 5 nitrogen and oxygen atoms in total. The Balaban J connectivity index is 1.91. The molecule has 102 valence electrons. The molecule has 18 heavy (non-hydrogen) atoms. The van der Waals surface area contributed by atoms with E-state index < -0.39 is 5.97 Å². The summed E-state index contributed by atoms with van der Waals surface area (Å²) in [7, 11) is 0. The average Bonchev–Trinajstić information content (AvgIpc) is 2.86. The van der Waals surface area contributed by atoms with Gasteiger partial charge >= 0.3 is 5.97 Å². The first-order valence-electron chi connectivity index (χ1n) is 6.74. The predicted molar refractivity (Wildman–Crippen MR) is 64.9 cm³/mol. The lowest BCUT2D eigenvalue weighted by molar-refractivity contribution is -0.145. The number of hydrogen-bond donors (Lipinski definition) is 2. The largest absolute Gasteiger partial charge is 0.481 e. The number of carboxylic acids is 1. The quantitative estimate of drug-likeness (QED) is 0.779. The van der Waals surface area contributed by atoms with Gasteiger partial charge in [0.1, 0.15) is 0 Å². The summed E-state index contributed by atoms with van der Waals surface area (Å²) in [4.78, 5) is 25.1. The number of carbonyl (C=O) groups excluding carboxylic acids is 1. The molecule has 0 radical (unpaired) electrons. The second-order valence-electron chi connectivity index (χ2n) is 5.52. The smallest absolute Gasteiger partial charge is 0.306 e. The van der Waals surface area contributed by atoms with Gasteiger partial charge in [-0.15, -0.1) is 0 Å². The van der Waals surface area contributed by atoms with Gasteiger partial charge < -0.3 is 15.1 Å². The summed E-state index contributed by atoms with van der Waals surface area (Å²) in [5, 5.41) is 18.1. The van der Waals surface area contributed by atoms with Crippen molar-refractivity contribution >= 4 is 11.9 Å². The number of amides is 1. The summed E-state index contributed by atoms with van der Waals surface area (Å²) >= 11 is 0. The number of likely N-dealkylation sites (tertiary alicyclic amines) is 1. The van der Waals surface area contributed by atoms with Crippen molar-refractivity contribution in [2.75, 3.05) is 19.7 Å². The number of aliphatic hydroxyl groups excluding tert-OH is 1. The van der Waals surface area contributed by atoms with Gasteiger partial charge in [0, 0.05) is 31.5 Å². The second-order valence-corrected chi connectivity index (χ2v) is 5.52. The molecule has 3 unspecified atom stereocenters. The summed E-state index contributed by atoms with van der Waals surface area (Å²) in [6, 6.07) is 0. The molecule has 1 saturated heterocycles. The van der Waals surface area contributed by atoms with Crippen LogP contribution in [0.1, 0.15) is 32.1 Å². The highest BCUT2D eigenvalue weighted by Crippen LogP contribution is 2.31. The number of carboxylic acid groups (broad SMARTS) is 1. The number of rotatable bonds is 3. The Labute approximate surface area is 107 Å². The molecule has 3 atom stereocenters. The minimum absolute atomic E-state index is 0.0944. The van der Waals surface area contributed by atoms with Crippen LogP contribution in [-0.2, 0) is 9.59 Å². The van der Waals surface area contributed by atoms with Crippen LogP contribution in [0.3, 0.4) is 0 Å². The van der Waals surface area contributed by atoms with Crippen molar-refractivity contribution in [3.8, 4) is 0 Å². The molecular weight excluding hydrogens is 234 g/mol. The van der Waals surface area contributed by atoms with E-state index in [9.17, 15) is 9.59 Å². The van der Waals surface area contributed by atoms with Gasteiger partial charge in [-0.2, -0.15) is 0 Å². The first kappa shape index (κ1) is 13.3. The molecule has 1 aliphatic heterocycles. The van der Waals surface area contributed by atoms with Crippen molar-refractivity contribution in [3.63, 3.8) is 0 Å². The highest BCUT2D eigenvalue weighted by atomic mass is 16.4. The number of aliphatic hydroxyl groups is 1. The molecule has 0 aromatic carbocycles. The van der Waals surface area contributed by atoms with Crippen LogP contribution in [0.25, 0.3) is 0 Å². The second kappa shape index (κ2) is 5.69. The van der Waals surface area contributed by atoms with Crippen LogP contribution in [0.4, 0.5) is 0 Å². The van der Waals surface area contributed by atoms with E-state index >= 15 is 0 Å². The molecule has 2 aliphatic rings. The zero-order valence-electron chi connectivity index (χ0n) is 10.5. The SMILES string of the molecule is O=C(O)C1CCCC(C(=O)N2CCC(CO)C2)C1. The van der Waals surface area contributed by atoms with Crippen molar-refractivity contribution in [2.45, 2.75) is 32.1 Å². The van der Waals surface area contributed by atoms with Crippen molar-refractivity contribution in [2.24, 2.45) is 17.8 Å². The van der Waals surface area contributed by atoms with E-state index in [-0.39, 0.29) is 30.3 Å². The molecule has 2 fully saturated rings. The van der Waals surface area contributed by atoms with Crippen LogP contribution >= 0.6 is 0 Å². The van der Waals surface area contributed by atoms with Crippen LogP contribution < -0.4 is 0 Å². The van der Waals surface area contributed by atoms with Gasteiger partial charge in [0.05, 0.1) is 5.92 Å². The fourth-order valence-corrected chi connectivity index (χ4v) is 3.08. The third kappa shape index (κ3) is 2.83. The Morgan fingerprint density at radius 2 is 1.89 bits per heavy atom. The molecule has 0 bridgehead atoms. The van der Waals surface area contributed by atoms with E-state index in [1.165, 1.54) is 0 Å². The lowest BCUT2D eigenvalue weighted by Gasteiger charge is -2.29. The maximum absolute atomic E-state index is 12.3. The van der Waals surface area contributed by atoms with Crippen molar-refractivity contribution < 1.29 is 19.8 Å². The van der Waals surface area contributed by atoms with Crippen LogP contribution in [-0.4, -0.2) is 46.7 Å².